The number of rotatable bonds is 4. The van der Waals surface area contributed by atoms with Crippen LogP contribution in [0.2, 0.25) is 0 Å². The molecule has 3 N–H and O–H groups in total. The van der Waals surface area contributed by atoms with Crippen molar-refractivity contribution in [2.45, 2.75) is 18.3 Å². The smallest absolute Gasteiger partial charge is 0.132 e. The third-order valence-corrected chi connectivity index (χ3v) is 4.69. The summed E-state index contributed by atoms with van der Waals surface area (Å²) in [6, 6.07) is 0. The first-order valence-corrected chi connectivity index (χ1v) is 8.49. The molecule has 2 aliphatic heterocycles. The highest BCUT2D eigenvalue weighted by atomic mass is 79.9. The average molecular weight is 385 g/mol. The number of hydrogen-bond donors (Lipinski definition) is 2. The van der Waals surface area contributed by atoms with Gasteiger partial charge in [0.05, 0.1) is 37.5 Å². The van der Waals surface area contributed by atoms with E-state index in [4.69, 9.17) is 19.9 Å². The first-order chi connectivity index (χ1) is 11.1. The summed E-state index contributed by atoms with van der Waals surface area (Å²) < 4.78 is 17.4. The van der Waals surface area contributed by atoms with Crippen LogP contribution in [-0.2, 0) is 14.2 Å². The van der Waals surface area contributed by atoms with Crippen molar-refractivity contribution in [3.05, 3.63) is 34.4 Å². The number of dihydropyridines is 1. The van der Waals surface area contributed by atoms with Crippen molar-refractivity contribution >= 4 is 21.8 Å². The molecule has 0 radical (unpaired) electrons. The molecule has 7 heteroatoms. The Morgan fingerprint density at radius 2 is 2.26 bits per heavy atom. The zero-order valence-electron chi connectivity index (χ0n) is 12.7. The van der Waals surface area contributed by atoms with Crippen molar-refractivity contribution in [1.82, 2.24) is 0 Å². The Labute approximate surface area is 143 Å². The van der Waals surface area contributed by atoms with Gasteiger partial charge in [-0.25, -0.2) is 0 Å². The second kappa shape index (κ2) is 7.72. The monoisotopic (exact) mass is 384 g/mol. The van der Waals surface area contributed by atoms with Gasteiger partial charge in [0.15, 0.2) is 0 Å². The third-order valence-electron chi connectivity index (χ3n) is 4.02. The van der Waals surface area contributed by atoms with Crippen LogP contribution in [0, 0.1) is 5.92 Å². The summed E-state index contributed by atoms with van der Waals surface area (Å²) in [5.74, 6) is 0.622. The number of amidine groups is 1. The van der Waals surface area contributed by atoms with E-state index in [1.54, 1.807) is 0 Å². The summed E-state index contributed by atoms with van der Waals surface area (Å²) in [7, 11) is 0. The minimum absolute atomic E-state index is 0.0655. The van der Waals surface area contributed by atoms with E-state index in [2.05, 4.69) is 20.9 Å². The van der Waals surface area contributed by atoms with E-state index >= 15 is 0 Å². The van der Waals surface area contributed by atoms with Gasteiger partial charge < -0.3 is 25.1 Å². The van der Waals surface area contributed by atoms with Crippen molar-refractivity contribution in [3.8, 4) is 0 Å². The molecule has 4 atom stereocenters. The zero-order valence-corrected chi connectivity index (χ0v) is 14.3. The highest BCUT2D eigenvalue weighted by Crippen LogP contribution is 2.27. The quantitative estimate of drug-likeness (QED) is 0.752. The third kappa shape index (κ3) is 4.30. The number of halogens is 1. The molecule has 0 aromatic rings. The van der Waals surface area contributed by atoms with E-state index in [0.717, 1.165) is 10.1 Å². The Bertz CT molecular complexity index is 552. The molecule has 0 saturated carbocycles. The maximum absolute atomic E-state index is 10.3. The largest absolute Gasteiger partial charge is 0.386 e. The second-order valence-corrected chi connectivity index (χ2v) is 6.58. The van der Waals surface area contributed by atoms with Crippen molar-refractivity contribution in [1.29, 1.82) is 0 Å². The van der Waals surface area contributed by atoms with Gasteiger partial charge in [-0.2, -0.15) is 0 Å². The van der Waals surface area contributed by atoms with Crippen LogP contribution in [-0.4, -0.2) is 62.2 Å². The molecule has 0 aromatic carbocycles. The number of nitrogens with zero attached hydrogens (tertiary/aromatic N) is 1. The molecule has 3 aliphatic rings. The topological polar surface area (TPSA) is 86.3 Å². The molecule has 1 aliphatic carbocycles. The van der Waals surface area contributed by atoms with Crippen LogP contribution in [0.3, 0.4) is 0 Å². The van der Waals surface area contributed by atoms with Crippen LogP contribution >= 0.6 is 15.9 Å². The molecule has 0 bridgehead atoms. The van der Waals surface area contributed by atoms with Crippen LogP contribution in [0.5, 0.6) is 0 Å². The molecule has 2 heterocycles. The van der Waals surface area contributed by atoms with Crippen LogP contribution in [0.25, 0.3) is 0 Å². The van der Waals surface area contributed by atoms with Gasteiger partial charge >= 0.3 is 0 Å². The predicted octanol–water partition coefficient (Wildman–Crippen LogP) is 0.910. The van der Waals surface area contributed by atoms with E-state index in [1.165, 1.54) is 0 Å². The van der Waals surface area contributed by atoms with Gasteiger partial charge in [-0.15, -0.1) is 0 Å². The fraction of sp³-hybridized carbons (Fsp3) is 0.562. The normalized spacial score (nSPS) is 34.6. The number of aliphatic imine (C=N–C) groups is 1. The predicted molar refractivity (Wildman–Crippen MR) is 90.5 cm³/mol. The van der Waals surface area contributed by atoms with E-state index < -0.39 is 6.10 Å². The molecule has 1 fully saturated rings. The Kier molecular flexibility index (Phi) is 5.66. The summed E-state index contributed by atoms with van der Waals surface area (Å²) in [6.07, 6.45) is 6.58. The lowest BCUT2D eigenvalue weighted by atomic mass is 9.90. The maximum atomic E-state index is 10.3. The minimum atomic E-state index is -0.685. The standard InChI is InChI=1S/C16H21BrN2O4/c17-13-5-11(7-19-16(13)18)10-1-2-15(14(20)6-10)23-9-12-8-21-3-4-22-12/h1-2,5-6,11-12,14-15,20H,3-4,7-9H2,(H2,18,19)/t11?,12-,14?,15?/m1/s1. The molecule has 0 amide bonds. The van der Waals surface area contributed by atoms with Gasteiger partial charge in [0.25, 0.3) is 0 Å². The molecule has 1 saturated heterocycles. The van der Waals surface area contributed by atoms with E-state index in [-0.39, 0.29) is 18.1 Å². The van der Waals surface area contributed by atoms with E-state index in [1.807, 2.05) is 24.3 Å². The fourth-order valence-electron chi connectivity index (χ4n) is 2.71. The number of aliphatic hydroxyl groups excluding tert-OH is 1. The molecule has 0 aromatic heterocycles. The lowest BCUT2D eigenvalue weighted by Crippen LogP contribution is -2.37. The van der Waals surface area contributed by atoms with Crippen molar-refractivity contribution in [2.24, 2.45) is 16.6 Å². The number of ether oxygens (including phenoxy) is 3. The summed E-state index contributed by atoms with van der Waals surface area (Å²) in [5, 5.41) is 10.3. The van der Waals surface area contributed by atoms with Crippen molar-refractivity contribution in [2.75, 3.05) is 33.0 Å². The molecule has 3 unspecified atom stereocenters. The zero-order chi connectivity index (χ0) is 16.2. The molecule has 126 valence electrons. The van der Waals surface area contributed by atoms with Gasteiger partial charge in [0, 0.05) is 5.92 Å². The highest BCUT2D eigenvalue weighted by molar-refractivity contribution is 9.12. The summed E-state index contributed by atoms with van der Waals surface area (Å²) in [6.45, 7) is 2.75. The molecule has 23 heavy (non-hydrogen) atoms. The van der Waals surface area contributed by atoms with Crippen molar-refractivity contribution in [3.63, 3.8) is 0 Å². The molecule has 3 rings (SSSR count). The molecular formula is C16H21BrN2O4. The van der Waals surface area contributed by atoms with Gasteiger partial charge in [-0.3, -0.25) is 4.99 Å². The molecular weight excluding hydrogens is 364 g/mol. The molecule has 0 spiro atoms. The fourth-order valence-corrected chi connectivity index (χ4v) is 3.15. The average Bonchev–Trinajstić information content (AvgIpc) is 2.57. The Morgan fingerprint density at radius 3 is 2.96 bits per heavy atom. The minimum Gasteiger partial charge on any atom is -0.386 e. The summed E-state index contributed by atoms with van der Waals surface area (Å²) >= 11 is 3.40. The van der Waals surface area contributed by atoms with Gasteiger partial charge in [-0.05, 0) is 27.6 Å². The number of aliphatic hydroxyl groups is 1. The summed E-state index contributed by atoms with van der Waals surface area (Å²) in [5.41, 5.74) is 6.75. The van der Waals surface area contributed by atoms with E-state index in [9.17, 15) is 5.11 Å². The summed E-state index contributed by atoms with van der Waals surface area (Å²) in [4.78, 5) is 4.27. The van der Waals surface area contributed by atoms with Gasteiger partial charge in [0.2, 0.25) is 0 Å². The number of allylic oxidation sites excluding steroid dienone is 1. The first-order valence-electron chi connectivity index (χ1n) is 7.70. The maximum Gasteiger partial charge on any atom is 0.132 e. The van der Waals surface area contributed by atoms with Crippen LogP contribution in [0.4, 0.5) is 0 Å². The van der Waals surface area contributed by atoms with E-state index in [0.29, 0.717) is 38.8 Å². The van der Waals surface area contributed by atoms with Crippen molar-refractivity contribution < 1.29 is 19.3 Å². The van der Waals surface area contributed by atoms with Crippen LogP contribution in [0.15, 0.2) is 39.4 Å². The Hall–Kier alpha value is -0.990. The number of hydrogen-bond acceptors (Lipinski definition) is 6. The van der Waals surface area contributed by atoms with Gasteiger partial charge in [0.1, 0.15) is 24.1 Å². The van der Waals surface area contributed by atoms with Crippen LogP contribution < -0.4 is 5.73 Å². The lowest BCUT2D eigenvalue weighted by molar-refractivity contribution is -0.127. The first kappa shape index (κ1) is 16.9. The second-order valence-electron chi connectivity index (χ2n) is 5.73. The SMILES string of the molecule is NC1=NCC(C2=CC(O)C(OC[C@H]3COCCO3)C=C2)C=C1Br. The van der Waals surface area contributed by atoms with Crippen LogP contribution in [0.1, 0.15) is 0 Å². The lowest BCUT2D eigenvalue weighted by Gasteiger charge is -2.28. The Balaban J connectivity index is 1.54. The highest BCUT2D eigenvalue weighted by Gasteiger charge is 2.25. The Morgan fingerprint density at radius 1 is 1.39 bits per heavy atom. The number of nitrogens with two attached hydrogens (primary N) is 1. The van der Waals surface area contributed by atoms with Gasteiger partial charge in [-0.1, -0.05) is 18.2 Å². The molecule has 6 nitrogen and oxygen atoms in total.